The Hall–Kier alpha value is -2.65. The van der Waals surface area contributed by atoms with E-state index in [2.05, 4.69) is 37.8 Å². The highest BCUT2D eigenvalue weighted by atomic mass is 35.5. The number of aromatic amines is 2. The van der Waals surface area contributed by atoms with Crippen LogP contribution in [0.25, 0.3) is 27.4 Å². The van der Waals surface area contributed by atoms with Crippen molar-refractivity contribution in [1.29, 1.82) is 0 Å². The molecule has 2 aromatic heterocycles. The van der Waals surface area contributed by atoms with Crippen LogP contribution in [0, 0.1) is 6.92 Å². The summed E-state index contributed by atoms with van der Waals surface area (Å²) >= 11 is 6.24. The number of hydrogen-bond donors (Lipinski definition) is 3. The van der Waals surface area contributed by atoms with Crippen LogP contribution in [-0.2, 0) is 10.0 Å². The Balaban J connectivity index is 1.13. The molecule has 0 amide bonds. The quantitative estimate of drug-likeness (QED) is 0.303. The van der Waals surface area contributed by atoms with Crippen molar-refractivity contribution in [2.75, 3.05) is 26.2 Å². The number of aromatic nitrogens is 3. The molecule has 9 heteroatoms. The summed E-state index contributed by atoms with van der Waals surface area (Å²) in [5.74, 6) is 0. The summed E-state index contributed by atoms with van der Waals surface area (Å²) < 4.78 is 28.2. The highest BCUT2D eigenvalue weighted by molar-refractivity contribution is 7.89. The van der Waals surface area contributed by atoms with Crippen LogP contribution in [-0.4, -0.2) is 54.7 Å². The van der Waals surface area contributed by atoms with E-state index in [0.717, 1.165) is 54.8 Å². The van der Waals surface area contributed by atoms with Crippen molar-refractivity contribution in [2.45, 2.75) is 31.1 Å². The maximum absolute atomic E-state index is 12.7. The van der Waals surface area contributed by atoms with Gasteiger partial charge in [-0.25, -0.2) is 13.1 Å². The fourth-order valence-corrected chi connectivity index (χ4v) is 6.19. The smallest absolute Gasteiger partial charge is 0.242 e. The summed E-state index contributed by atoms with van der Waals surface area (Å²) in [6.07, 6.45) is 6.64. The Kier molecular flexibility index (Phi) is 6.48. The van der Waals surface area contributed by atoms with Crippen LogP contribution in [0.3, 0.4) is 0 Å². The lowest BCUT2D eigenvalue weighted by atomic mass is 9.96. The molecule has 178 valence electrons. The summed E-state index contributed by atoms with van der Waals surface area (Å²) in [5, 5.41) is 9.44. The van der Waals surface area contributed by atoms with Gasteiger partial charge in [-0.2, -0.15) is 5.10 Å². The predicted octanol–water partition coefficient (Wildman–Crippen LogP) is 4.85. The number of nitrogens with zero attached hydrogens (tertiary/aromatic N) is 2. The third kappa shape index (κ3) is 4.63. The molecule has 1 aliphatic heterocycles. The summed E-state index contributed by atoms with van der Waals surface area (Å²) in [6.45, 7) is 5.36. The van der Waals surface area contributed by atoms with Crippen LogP contribution in [0.2, 0.25) is 5.02 Å². The summed E-state index contributed by atoms with van der Waals surface area (Å²) in [4.78, 5) is 6.13. The number of fused-ring (bicyclic) bond motifs is 2. The molecule has 0 bridgehead atoms. The van der Waals surface area contributed by atoms with E-state index < -0.39 is 10.0 Å². The van der Waals surface area contributed by atoms with Gasteiger partial charge in [0.1, 0.15) is 4.90 Å². The lowest BCUT2D eigenvalue weighted by molar-refractivity contribution is 0.295. The van der Waals surface area contributed by atoms with Crippen LogP contribution in [0.5, 0.6) is 0 Å². The van der Waals surface area contributed by atoms with Gasteiger partial charge in [0.25, 0.3) is 0 Å². The number of unbranched alkanes of at least 4 members (excludes halogenated alkanes) is 1. The molecule has 0 spiro atoms. The maximum Gasteiger partial charge on any atom is 0.242 e. The Bertz CT molecular complexity index is 1470. The zero-order valence-electron chi connectivity index (χ0n) is 19.1. The van der Waals surface area contributed by atoms with Crippen LogP contribution < -0.4 is 4.72 Å². The number of sulfonamides is 1. The van der Waals surface area contributed by atoms with E-state index in [1.807, 2.05) is 24.3 Å². The van der Waals surface area contributed by atoms with Gasteiger partial charge in [-0.05, 0) is 62.6 Å². The maximum atomic E-state index is 12.7. The van der Waals surface area contributed by atoms with E-state index in [-0.39, 0.29) is 4.90 Å². The Morgan fingerprint density at radius 3 is 2.91 bits per heavy atom. The van der Waals surface area contributed by atoms with E-state index in [0.29, 0.717) is 12.1 Å². The highest BCUT2D eigenvalue weighted by Crippen LogP contribution is 2.33. The van der Waals surface area contributed by atoms with E-state index >= 15 is 0 Å². The molecular weight excluding hydrogens is 470 g/mol. The van der Waals surface area contributed by atoms with Crippen LogP contribution in [0.1, 0.15) is 30.5 Å². The van der Waals surface area contributed by atoms with Crippen molar-refractivity contribution in [3.05, 3.63) is 65.0 Å². The van der Waals surface area contributed by atoms with Crippen LogP contribution in [0.4, 0.5) is 0 Å². The normalized spacial score (nSPS) is 15.3. The molecule has 34 heavy (non-hydrogen) atoms. The van der Waals surface area contributed by atoms with Crippen molar-refractivity contribution < 1.29 is 8.42 Å². The largest absolute Gasteiger partial charge is 0.358 e. The van der Waals surface area contributed by atoms with Gasteiger partial charge < -0.3 is 4.98 Å². The first-order chi connectivity index (χ1) is 16.4. The number of aryl methyl sites for hydroxylation is 1. The molecule has 0 unspecified atom stereocenters. The summed E-state index contributed by atoms with van der Waals surface area (Å²) in [6, 6.07) is 11.2. The first-order valence-corrected chi connectivity index (χ1v) is 13.4. The van der Waals surface area contributed by atoms with Gasteiger partial charge >= 0.3 is 0 Å². The van der Waals surface area contributed by atoms with E-state index in [4.69, 9.17) is 11.6 Å². The number of nitrogens with one attached hydrogen (secondary N) is 3. The topological polar surface area (TPSA) is 93.9 Å². The number of para-hydroxylation sites is 1. The zero-order valence-corrected chi connectivity index (χ0v) is 20.6. The van der Waals surface area contributed by atoms with Crippen LogP contribution >= 0.6 is 11.6 Å². The molecule has 3 N–H and O–H groups in total. The SMILES string of the molecule is Cc1[nH]c2ccc(Cl)cc2c1C1=CCN(CCCCNS(=O)(=O)c2cccc3cn[nH]c23)CC1. The predicted molar refractivity (Wildman–Crippen MR) is 138 cm³/mol. The first kappa shape index (κ1) is 23.1. The van der Waals surface area contributed by atoms with Gasteiger partial charge in [-0.15, -0.1) is 0 Å². The molecule has 0 atom stereocenters. The second-order valence-corrected chi connectivity index (χ2v) is 11.0. The van der Waals surface area contributed by atoms with Crippen molar-refractivity contribution in [2.24, 2.45) is 0 Å². The van der Waals surface area contributed by atoms with Crippen molar-refractivity contribution >= 4 is 49.0 Å². The van der Waals surface area contributed by atoms with E-state index in [1.54, 1.807) is 18.3 Å². The van der Waals surface area contributed by atoms with E-state index in [1.165, 1.54) is 22.2 Å². The Labute approximate surface area is 204 Å². The third-order valence-corrected chi connectivity index (χ3v) is 8.22. The molecule has 0 saturated carbocycles. The molecule has 4 aromatic rings. The Morgan fingerprint density at radius 2 is 2.09 bits per heavy atom. The van der Waals surface area contributed by atoms with Gasteiger partial charge in [0.2, 0.25) is 10.0 Å². The molecule has 0 aliphatic carbocycles. The molecule has 3 heterocycles. The molecule has 7 nitrogen and oxygen atoms in total. The van der Waals surface area contributed by atoms with Gasteiger partial charge in [0, 0.05) is 52.2 Å². The first-order valence-electron chi connectivity index (χ1n) is 11.5. The molecule has 5 rings (SSSR count). The number of halogens is 1. The molecule has 0 fully saturated rings. The minimum atomic E-state index is -3.58. The average molecular weight is 498 g/mol. The lowest BCUT2D eigenvalue weighted by Gasteiger charge is -2.26. The second-order valence-electron chi connectivity index (χ2n) is 8.79. The summed E-state index contributed by atoms with van der Waals surface area (Å²) in [7, 11) is -3.58. The van der Waals surface area contributed by atoms with E-state index in [9.17, 15) is 8.42 Å². The lowest BCUT2D eigenvalue weighted by Crippen LogP contribution is -2.30. The number of H-pyrrole nitrogens is 2. The number of benzene rings is 2. The summed E-state index contributed by atoms with van der Waals surface area (Å²) in [5.41, 5.74) is 5.47. The molecule has 0 radical (unpaired) electrons. The molecule has 1 aliphatic rings. The molecule has 0 saturated heterocycles. The van der Waals surface area contributed by atoms with Crippen molar-refractivity contribution in [3.8, 4) is 0 Å². The zero-order chi connectivity index (χ0) is 23.7. The highest BCUT2D eigenvalue weighted by Gasteiger charge is 2.19. The molecular formula is C25H28ClN5O2S. The van der Waals surface area contributed by atoms with Crippen molar-refractivity contribution in [1.82, 2.24) is 24.8 Å². The van der Waals surface area contributed by atoms with Gasteiger partial charge in [-0.3, -0.25) is 10.00 Å². The Morgan fingerprint density at radius 1 is 1.21 bits per heavy atom. The van der Waals surface area contributed by atoms with Gasteiger partial charge in [0.15, 0.2) is 0 Å². The van der Waals surface area contributed by atoms with Crippen molar-refractivity contribution in [3.63, 3.8) is 0 Å². The number of hydrogen-bond acceptors (Lipinski definition) is 4. The van der Waals surface area contributed by atoms with Gasteiger partial charge in [0.05, 0.1) is 11.7 Å². The monoisotopic (exact) mass is 497 g/mol. The molecule has 2 aromatic carbocycles. The number of rotatable bonds is 8. The van der Waals surface area contributed by atoms with Crippen LogP contribution in [0.15, 0.2) is 53.6 Å². The minimum absolute atomic E-state index is 0.241. The fourth-order valence-electron chi connectivity index (χ4n) is 4.76. The minimum Gasteiger partial charge on any atom is -0.358 e. The average Bonchev–Trinajstić information content (AvgIpc) is 3.42. The third-order valence-electron chi connectivity index (χ3n) is 6.48. The second kappa shape index (κ2) is 9.54. The van der Waals surface area contributed by atoms with Gasteiger partial charge in [-0.1, -0.05) is 29.8 Å². The standard InChI is InChI=1S/C25H28ClN5O2S/c1-17-24(21-15-20(26)7-8-22(21)29-17)18-9-13-31(14-10-18)12-3-2-11-28-34(32,33)23-6-4-5-19-16-27-30-25(19)23/h4-9,15-16,28-29H,2-3,10-14H2,1H3,(H,27,30). The fraction of sp³-hybridized carbons (Fsp3) is 0.320.